The Morgan fingerprint density at radius 3 is 2.55 bits per heavy atom. The Balaban J connectivity index is 1.41. The lowest BCUT2D eigenvalue weighted by Gasteiger charge is -2.49. The first-order chi connectivity index (χ1) is 18.2. The molecular formula is C29H39ClN6OSi. The molecule has 0 aliphatic carbocycles. The molecule has 3 aliphatic rings. The van der Waals surface area contributed by atoms with E-state index in [-0.39, 0.29) is 6.17 Å². The van der Waals surface area contributed by atoms with Gasteiger partial charge in [0, 0.05) is 44.1 Å². The quantitative estimate of drug-likeness (QED) is 0.274. The first-order valence-corrected chi connectivity index (χ1v) is 18.2. The highest BCUT2D eigenvalue weighted by atomic mass is 35.5. The van der Waals surface area contributed by atoms with E-state index in [1.165, 1.54) is 32.1 Å². The van der Waals surface area contributed by atoms with Crippen molar-refractivity contribution in [3.05, 3.63) is 40.3 Å². The van der Waals surface area contributed by atoms with Crippen LogP contribution >= 0.6 is 11.6 Å². The third-order valence-corrected chi connectivity index (χ3v) is 10.4. The summed E-state index contributed by atoms with van der Waals surface area (Å²) in [6.45, 7) is 12.7. The highest BCUT2D eigenvalue weighted by molar-refractivity contribution is 6.76. The molecule has 2 aromatic heterocycles. The molecule has 7 nitrogen and oxygen atoms in total. The van der Waals surface area contributed by atoms with Crippen LogP contribution in [0.15, 0.2) is 34.5 Å². The van der Waals surface area contributed by atoms with E-state index in [9.17, 15) is 0 Å². The normalized spacial score (nSPS) is 24.8. The summed E-state index contributed by atoms with van der Waals surface area (Å²) in [5, 5.41) is 2.24. The number of hydrogen-bond donors (Lipinski definition) is 0. The molecule has 3 unspecified atom stereocenters. The number of nitrogens with zero attached hydrogens (tertiary/aromatic N) is 6. The number of piperidine rings is 2. The molecule has 3 atom stereocenters. The number of benzene rings is 1. The SMILES string of the molecule is CC1CC2CCCC(C1)N2c1cnc2c(-c3ccc4c(c3Cl)=NC(C)N=4)cn(COCC[Si](C)(C)C)c2n1. The van der Waals surface area contributed by atoms with Crippen LogP contribution in [0.1, 0.15) is 46.0 Å². The molecule has 2 bridgehead atoms. The minimum atomic E-state index is -1.18. The van der Waals surface area contributed by atoms with Crippen LogP contribution in [0.3, 0.4) is 0 Å². The van der Waals surface area contributed by atoms with Gasteiger partial charge in [-0.3, -0.25) is 9.98 Å². The maximum Gasteiger partial charge on any atom is 0.163 e. The molecule has 0 N–H and O–H groups in total. The van der Waals surface area contributed by atoms with E-state index in [1.807, 2.05) is 25.3 Å². The minimum absolute atomic E-state index is 0.104. The second-order valence-electron chi connectivity index (χ2n) is 12.7. The molecule has 0 spiro atoms. The van der Waals surface area contributed by atoms with Gasteiger partial charge in [-0.25, -0.2) is 9.97 Å². The van der Waals surface area contributed by atoms with Gasteiger partial charge in [0.15, 0.2) is 5.65 Å². The van der Waals surface area contributed by atoms with E-state index in [4.69, 9.17) is 26.3 Å². The van der Waals surface area contributed by atoms with Crippen molar-refractivity contribution in [3.63, 3.8) is 0 Å². The van der Waals surface area contributed by atoms with Gasteiger partial charge in [0.2, 0.25) is 0 Å². The Hall–Kier alpha value is -2.29. The second kappa shape index (κ2) is 10.0. The van der Waals surface area contributed by atoms with Crippen LogP contribution < -0.4 is 15.6 Å². The highest BCUT2D eigenvalue weighted by Gasteiger charge is 2.38. The Morgan fingerprint density at radius 1 is 1.05 bits per heavy atom. The number of ether oxygens (including phenoxy) is 1. The van der Waals surface area contributed by atoms with E-state index >= 15 is 0 Å². The maximum absolute atomic E-state index is 6.93. The van der Waals surface area contributed by atoms with Crippen LogP contribution in [0.4, 0.5) is 5.82 Å². The molecule has 1 aromatic carbocycles. The molecule has 3 aliphatic heterocycles. The summed E-state index contributed by atoms with van der Waals surface area (Å²) in [7, 11) is -1.18. The average Bonchev–Trinajstić information content (AvgIpc) is 3.41. The predicted molar refractivity (Wildman–Crippen MR) is 156 cm³/mol. The largest absolute Gasteiger partial charge is 0.361 e. The third-order valence-electron chi connectivity index (χ3n) is 8.28. The van der Waals surface area contributed by atoms with Gasteiger partial charge < -0.3 is 14.2 Å². The monoisotopic (exact) mass is 550 g/mol. The van der Waals surface area contributed by atoms with Gasteiger partial charge in [-0.05, 0) is 57.1 Å². The van der Waals surface area contributed by atoms with Gasteiger partial charge in [0.1, 0.15) is 29.6 Å². The smallest absolute Gasteiger partial charge is 0.163 e. The molecule has 2 saturated heterocycles. The maximum atomic E-state index is 6.93. The number of hydrogen-bond acceptors (Lipinski definition) is 6. The first kappa shape index (κ1) is 26.0. The first-order valence-electron chi connectivity index (χ1n) is 14.1. The van der Waals surface area contributed by atoms with Gasteiger partial charge >= 0.3 is 0 Å². The zero-order valence-corrected chi connectivity index (χ0v) is 25.0. The molecule has 0 radical (unpaired) electrons. The fourth-order valence-corrected chi connectivity index (χ4v) is 7.50. The molecule has 0 saturated carbocycles. The van der Waals surface area contributed by atoms with Gasteiger partial charge in [-0.1, -0.05) is 44.2 Å². The highest BCUT2D eigenvalue weighted by Crippen LogP contribution is 2.40. The fourth-order valence-electron chi connectivity index (χ4n) is 6.43. The molecule has 5 heterocycles. The van der Waals surface area contributed by atoms with Crippen molar-refractivity contribution in [2.24, 2.45) is 15.9 Å². The van der Waals surface area contributed by atoms with Crippen LogP contribution in [0.2, 0.25) is 30.7 Å². The molecule has 202 valence electrons. The van der Waals surface area contributed by atoms with E-state index < -0.39 is 8.07 Å². The van der Waals surface area contributed by atoms with Crippen molar-refractivity contribution >= 4 is 36.7 Å². The van der Waals surface area contributed by atoms with E-state index in [0.29, 0.717) is 23.8 Å². The molecule has 3 aromatic rings. The molecule has 6 rings (SSSR count). The van der Waals surface area contributed by atoms with E-state index in [2.05, 4.69) is 52.2 Å². The van der Waals surface area contributed by atoms with E-state index in [0.717, 1.165) is 57.4 Å². The second-order valence-corrected chi connectivity index (χ2v) is 18.7. The molecular weight excluding hydrogens is 512 g/mol. The summed E-state index contributed by atoms with van der Waals surface area (Å²) in [6.07, 6.45) is 10.2. The lowest BCUT2D eigenvalue weighted by molar-refractivity contribution is 0.0899. The van der Waals surface area contributed by atoms with Gasteiger partial charge in [0.05, 0.1) is 16.6 Å². The number of aromatic nitrogens is 3. The van der Waals surface area contributed by atoms with Crippen LogP contribution in [0.5, 0.6) is 0 Å². The summed E-state index contributed by atoms with van der Waals surface area (Å²) in [5.74, 6) is 1.77. The topological polar surface area (TPSA) is 67.9 Å². The van der Waals surface area contributed by atoms with Crippen molar-refractivity contribution in [1.82, 2.24) is 14.5 Å². The van der Waals surface area contributed by atoms with Gasteiger partial charge in [0.25, 0.3) is 0 Å². The summed E-state index contributed by atoms with van der Waals surface area (Å²) >= 11 is 6.93. The van der Waals surface area contributed by atoms with Crippen LogP contribution in [0, 0.1) is 5.92 Å². The Labute approximate surface area is 231 Å². The number of fused-ring (bicyclic) bond motifs is 4. The van der Waals surface area contributed by atoms with Crippen LogP contribution in [-0.2, 0) is 11.5 Å². The zero-order chi connectivity index (χ0) is 26.6. The number of halogens is 1. The standard InChI is InChI=1S/C29H39ClN6OSi/c1-18-13-20-7-6-8-21(14-18)36(20)25-15-31-27-23(22-9-10-24-28(26(22)30)33-19(2)32-24)16-35(29(27)34-25)17-37-11-12-38(3,4)5/h9-10,15-16,18-21H,6-8,11-14,17H2,1-5H3. The average molecular weight is 551 g/mol. The van der Waals surface area contributed by atoms with Crippen molar-refractivity contribution in [1.29, 1.82) is 0 Å². The van der Waals surface area contributed by atoms with Gasteiger partial charge in [-0.15, -0.1) is 0 Å². The summed E-state index contributed by atoms with van der Waals surface area (Å²) < 4.78 is 8.31. The minimum Gasteiger partial charge on any atom is -0.361 e. The predicted octanol–water partition coefficient (Wildman–Crippen LogP) is 5.82. The molecule has 0 amide bonds. The Kier molecular flexibility index (Phi) is 6.85. The third kappa shape index (κ3) is 4.91. The fraction of sp³-hybridized carbons (Fsp3) is 0.586. The van der Waals surface area contributed by atoms with Gasteiger partial charge in [-0.2, -0.15) is 0 Å². The van der Waals surface area contributed by atoms with Crippen LogP contribution in [-0.4, -0.2) is 47.5 Å². The summed E-state index contributed by atoms with van der Waals surface area (Å²) in [5.41, 5.74) is 3.58. The number of rotatable bonds is 7. The summed E-state index contributed by atoms with van der Waals surface area (Å²) in [6, 6.07) is 6.28. The van der Waals surface area contributed by atoms with E-state index in [1.54, 1.807) is 0 Å². The zero-order valence-electron chi connectivity index (χ0n) is 23.2. The molecule has 38 heavy (non-hydrogen) atoms. The molecule has 2 fully saturated rings. The number of anilines is 1. The van der Waals surface area contributed by atoms with Crippen molar-refractivity contribution in [3.8, 4) is 11.1 Å². The van der Waals surface area contributed by atoms with Crippen molar-refractivity contribution < 1.29 is 4.74 Å². The Morgan fingerprint density at radius 2 is 1.82 bits per heavy atom. The Bertz CT molecular complexity index is 1470. The van der Waals surface area contributed by atoms with Crippen molar-refractivity contribution in [2.45, 2.75) is 96.6 Å². The lowest BCUT2D eigenvalue weighted by atomic mass is 9.79. The van der Waals surface area contributed by atoms with Crippen molar-refractivity contribution in [2.75, 3.05) is 11.5 Å². The lowest BCUT2D eigenvalue weighted by Crippen LogP contribution is -2.52. The summed E-state index contributed by atoms with van der Waals surface area (Å²) in [4.78, 5) is 22.1. The van der Waals surface area contributed by atoms with Crippen LogP contribution in [0.25, 0.3) is 22.3 Å². The molecule has 9 heteroatoms.